The van der Waals surface area contributed by atoms with Crippen molar-refractivity contribution in [3.8, 4) is 0 Å². The second kappa shape index (κ2) is 8.86. The third-order valence-electron chi connectivity index (χ3n) is 3.62. The third-order valence-corrected chi connectivity index (χ3v) is 3.62. The van der Waals surface area contributed by atoms with Gasteiger partial charge >= 0.3 is 0 Å². The lowest BCUT2D eigenvalue weighted by Gasteiger charge is -2.21. The van der Waals surface area contributed by atoms with Gasteiger partial charge in [-0.15, -0.1) is 0 Å². The first kappa shape index (κ1) is 16.9. The predicted octanol–water partition coefficient (Wildman–Crippen LogP) is 3.10. The van der Waals surface area contributed by atoms with Crippen LogP contribution in [0.2, 0.25) is 0 Å². The lowest BCUT2D eigenvalue weighted by molar-refractivity contribution is 0.0613. The third kappa shape index (κ3) is 4.76. The van der Waals surface area contributed by atoms with Crippen molar-refractivity contribution in [1.29, 1.82) is 0 Å². The maximum absolute atomic E-state index is 12.7. The van der Waals surface area contributed by atoms with Gasteiger partial charge in [-0.3, -0.25) is 14.5 Å². The highest BCUT2D eigenvalue weighted by Gasteiger charge is 2.23. The molecule has 0 aliphatic carbocycles. The van der Waals surface area contributed by atoms with Gasteiger partial charge in [0.2, 0.25) is 0 Å². The molecule has 0 atom stereocenters. The summed E-state index contributed by atoms with van der Waals surface area (Å²) in [4.78, 5) is 26.7. The number of carbonyl (C=O) groups is 2. The maximum atomic E-state index is 12.7. The van der Waals surface area contributed by atoms with E-state index in [2.05, 4.69) is 0 Å². The molecule has 0 heterocycles. The summed E-state index contributed by atoms with van der Waals surface area (Å²) in [5, 5.41) is 0. The number of hydrogen-bond donors (Lipinski definition) is 1. The molecule has 0 saturated heterocycles. The van der Waals surface area contributed by atoms with E-state index < -0.39 is 0 Å². The maximum Gasteiger partial charge on any atom is 0.260 e. The molecule has 2 aromatic carbocycles. The normalized spacial score (nSPS) is 10.3. The molecule has 2 amide bonds. The molecular weight excluding hydrogens is 288 g/mol. The van der Waals surface area contributed by atoms with Crippen LogP contribution in [0.5, 0.6) is 0 Å². The van der Waals surface area contributed by atoms with Crippen LogP contribution in [-0.2, 0) is 0 Å². The van der Waals surface area contributed by atoms with Gasteiger partial charge in [0.15, 0.2) is 0 Å². The Morgan fingerprint density at radius 1 is 0.739 bits per heavy atom. The van der Waals surface area contributed by atoms with Gasteiger partial charge in [0.1, 0.15) is 0 Å². The molecule has 2 N–H and O–H groups in total. The molecule has 0 saturated carbocycles. The van der Waals surface area contributed by atoms with Crippen LogP contribution in [0.15, 0.2) is 60.7 Å². The molecule has 0 bridgehead atoms. The molecule has 0 aromatic heterocycles. The predicted molar refractivity (Wildman–Crippen MR) is 91.2 cm³/mol. The van der Waals surface area contributed by atoms with E-state index in [1.807, 2.05) is 12.1 Å². The molecule has 2 rings (SSSR count). The van der Waals surface area contributed by atoms with Crippen LogP contribution in [0.3, 0.4) is 0 Å². The first-order chi connectivity index (χ1) is 11.2. The van der Waals surface area contributed by atoms with Crippen LogP contribution in [0.25, 0.3) is 0 Å². The van der Waals surface area contributed by atoms with Crippen LogP contribution in [0.4, 0.5) is 0 Å². The van der Waals surface area contributed by atoms with Crippen molar-refractivity contribution in [3.05, 3.63) is 71.8 Å². The van der Waals surface area contributed by atoms with Crippen molar-refractivity contribution >= 4 is 11.8 Å². The fourth-order valence-corrected chi connectivity index (χ4v) is 2.36. The van der Waals surface area contributed by atoms with Gasteiger partial charge < -0.3 is 5.73 Å². The van der Waals surface area contributed by atoms with Crippen LogP contribution in [-0.4, -0.2) is 29.8 Å². The number of rotatable bonds is 7. The van der Waals surface area contributed by atoms with Gasteiger partial charge in [-0.1, -0.05) is 42.8 Å². The highest BCUT2D eigenvalue weighted by molar-refractivity contribution is 6.10. The molecule has 4 nitrogen and oxygen atoms in total. The van der Waals surface area contributed by atoms with Crippen LogP contribution in [0, 0.1) is 0 Å². The number of carbonyl (C=O) groups excluding carboxylic acids is 2. The minimum Gasteiger partial charge on any atom is -0.330 e. The van der Waals surface area contributed by atoms with Gasteiger partial charge in [0, 0.05) is 17.7 Å². The van der Waals surface area contributed by atoms with E-state index in [4.69, 9.17) is 5.73 Å². The first-order valence-corrected chi connectivity index (χ1v) is 7.90. The standard InChI is InChI=1S/C19H22N2O2/c20-14-8-3-9-15-21(18(22)16-10-4-1-5-11-16)19(23)17-12-6-2-7-13-17/h1-2,4-7,10-13H,3,8-9,14-15,20H2. The summed E-state index contributed by atoms with van der Waals surface area (Å²) in [6.07, 6.45) is 2.55. The van der Waals surface area contributed by atoms with Gasteiger partial charge in [-0.25, -0.2) is 0 Å². The number of amides is 2. The van der Waals surface area contributed by atoms with E-state index in [1.54, 1.807) is 48.5 Å². The first-order valence-electron chi connectivity index (χ1n) is 7.90. The summed E-state index contributed by atoms with van der Waals surface area (Å²) in [6, 6.07) is 17.8. The Morgan fingerprint density at radius 2 is 1.22 bits per heavy atom. The Kier molecular flexibility index (Phi) is 6.51. The number of nitrogens with zero attached hydrogens (tertiary/aromatic N) is 1. The molecule has 0 unspecified atom stereocenters. The SMILES string of the molecule is NCCCCCN(C(=O)c1ccccc1)C(=O)c1ccccc1. The molecule has 0 aliphatic rings. The van der Waals surface area contributed by atoms with Crippen molar-refractivity contribution < 1.29 is 9.59 Å². The Hall–Kier alpha value is -2.46. The highest BCUT2D eigenvalue weighted by atomic mass is 16.2. The lowest BCUT2D eigenvalue weighted by atomic mass is 10.1. The average Bonchev–Trinajstić information content (AvgIpc) is 2.62. The Bertz CT molecular complexity index is 575. The van der Waals surface area contributed by atoms with Crippen molar-refractivity contribution in [2.75, 3.05) is 13.1 Å². The van der Waals surface area contributed by atoms with Crippen LogP contribution < -0.4 is 5.73 Å². The Labute approximate surface area is 136 Å². The summed E-state index contributed by atoms with van der Waals surface area (Å²) >= 11 is 0. The summed E-state index contributed by atoms with van der Waals surface area (Å²) in [6.45, 7) is 1.03. The van der Waals surface area contributed by atoms with E-state index in [9.17, 15) is 9.59 Å². The number of nitrogens with two attached hydrogens (primary N) is 1. The lowest BCUT2D eigenvalue weighted by Crippen LogP contribution is -2.37. The van der Waals surface area contributed by atoms with Gasteiger partial charge in [-0.05, 0) is 43.7 Å². The van der Waals surface area contributed by atoms with Crippen molar-refractivity contribution in [2.45, 2.75) is 19.3 Å². The Balaban J connectivity index is 2.17. The van der Waals surface area contributed by atoms with Crippen LogP contribution >= 0.6 is 0 Å². The largest absolute Gasteiger partial charge is 0.330 e. The summed E-state index contributed by atoms with van der Waals surface area (Å²) in [7, 11) is 0. The van der Waals surface area contributed by atoms with Gasteiger partial charge in [0.05, 0.1) is 0 Å². The second-order valence-corrected chi connectivity index (χ2v) is 5.34. The molecule has 23 heavy (non-hydrogen) atoms. The minimum absolute atomic E-state index is 0.257. The summed E-state index contributed by atoms with van der Waals surface area (Å²) in [5.74, 6) is -0.514. The van der Waals surface area contributed by atoms with E-state index >= 15 is 0 Å². The van der Waals surface area contributed by atoms with Gasteiger partial charge in [0.25, 0.3) is 11.8 Å². The molecule has 0 spiro atoms. The molecule has 120 valence electrons. The molecule has 0 fully saturated rings. The minimum atomic E-state index is -0.257. The zero-order chi connectivity index (χ0) is 16.5. The number of imide groups is 1. The summed E-state index contributed by atoms with van der Waals surface area (Å²) in [5.41, 5.74) is 6.55. The van der Waals surface area contributed by atoms with Crippen LogP contribution in [0.1, 0.15) is 40.0 Å². The fourth-order valence-electron chi connectivity index (χ4n) is 2.36. The highest BCUT2D eigenvalue weighted by Crippen LogP contribution is 2.12. The molecule has 0 radical (unpaired) electrons. The fraction of sp³-hybridized carbons (Fsp3) is 0.263. The van der Waals surface area contributed by atoms with E-state index in [1.165, 1.54) is 4.90 Å². The Morgan fingerprint density at radius 3 is 1.65 bits per heavy atom. The number of hydrogen-bond acceptors (Lipinski definition) is 3. The number of unbranched alkanes of at least 4 members (excludes halogenated alkanes) is 2. The van der Waals surface area contributed by atoms with Gasteiger partial charge in [-0.2, -0.15) is 0 Å². The topological polar surface area (TPSA) is 63.4 Å². The zero-order valence-corrected chi connectivity index (χ0v) is 13.2. The van der Waals surface area contributed by atoms with E-state index in [0.717, 1.165) is 19.3 Å². The smallest absolute Gasteiger partial charge is 0.260 e. The molecule has 2 aromatic rings. The summed E-state index contributed by atoms with van der Waals surface area (Å²) < 4.78 is 0. The number of benzene rings is 2. The average molecular weight is 310 g/mol. The zero-order valence-electron chi connectivity index (χ0n) is 13.2. The monoisotopic (exact) mass is 310 g/mol. The molecule has 0 aliphatic heterocycles. The van der Waals surface area contributed by atoms with Crippen molar-refractivity contribution in [1.82, 2.24) is 4.90 Å². The van der Waals surface area contributed by atoms with Crippen molar-refractivity contribution in [3.63, 3.8) is 0 Å². The molecule has 4 heteroatoms. The quantitative estimate of drug-likeness (QED) is 0.631. The molecular formula is C19H22N2O2. The second-order valence-electron chi connectivity index (χ2n) is 5.34. The van der Waals surface area contributed by atoms with Crippen molar-refractivity contribution in [2.24, 2.45) is 5.73 Å². The van der Waals surface area contributed by atoms with E-state index in [0.29, 0.717) is 24.2 Å². The van der Waals surface area contributed by atoms with E-state index in [-0.39, 0.29) is 11.8 Å².